The van der Waals surface area contributed by atoms with Gasteiger partial charge < -0.3 is 9.72 Å². The first-order valence-electron chi connectivity index (χ1n) is 6.15. The maximum atomic E-state index is 11.9. The molecule has 0 aliphatic carbocycles. The van der Waals surface area contributed by atoms with Crippen LogP contribution in [0.15, 0.2) is 29.1 Å². The van der Waals surface area contributed by atoms with Gasteiger partial charge in [-0.25, -0.2) is 4.98 Å². The van der Waals surface area contributed by atoms with Gasteiger partial charge in [0.1, 0.15) is 5.82 Å². The molecule has 1 aromatic carbocycles. The van der Waals surface area contributed by atoms with Gasteiger partial charge in [0.25, 0.3) is 5.56 Å². The van der Waals surface area contributed by atoms with E-state index in [0.29, 0.717) is 42.5 Å². The molecule has 5 heteroatoms. The minimum absolute atomic E-state index is 0.0956. The van der Waals surface area contributed by atoms with E-state index in [9.17, 15) is 4.79 Å². The number of fused-ring (bicyclic) bond motifs is 1. The molecule has 0 fully saturated rings. The lowest BCUT2D eigenvalue weighted by atomic mass is 10.1. The van der Waals surface area contributed by atoms with E-state index in [1.807, 2.05) is 24.3 Å². The summed E-state index contributed by atoms with van der Waals surface area (Å²) in [6.45, 7) is 0.981. The Morgan fingerprint density at radius 1 is 1.42 bits per heavy atom. The molecule has 0 saturated carbocycles. The van der Waals surface area contributed by atoms with Crippen molar-refractivity contribution >= 4 is 11.6 Å². The van der Waals surface area contributed by atoms with Crippen LogP contribution < -0.4 is 5.56 Å². The number of benzene rings is 1. The molecule has 3 rings (SSSR count). The van der Waals surface area contributed by atoms with E-state index in [1.54, 1.807) is 0 Å². The highest BCUT2D eigenvalue weighted by Gasteiger charge is 2.15. The third-order valence-electron chi connectivity index (χ3n) is 3.14. The Hall–Kier alpha value is -1.65. The summed E-state index contributed by atoms with van der Waals surface area (Å²) in [5.74, 6) is 0.674. The van der Waals surface area contributed by atoms with Crippen LogP contribution in [0.3, 0.4) is 0 Å². The molecule has 0 radical (unpaired) electrons. The van der Waals surface area contributed by atoms with Crippen molar-refractivity contribution in [3.63, 3.8) is 0 Å². The number of H-pyrrole nitrogens is 1. The highest BCUT2D eigenvalue weighted by Crippen LogP contribution is 2.14. The number of aromatic nitrogens is 2. The number of nitrogens with zero attached hydrogens (tertiary/aromatic N) is 1. The van der Waals surface area contributed by atoms with Gasteiger partial charge in [0.05, 0.1) is 24.5 Å². The Bertz CT molecular complexity index is 667. The lowest BCUT2D eigenvalue weighted by Crippen LogP contribution is -2.25. The third kappa shape index (κ3) is 2.69. The lowest BCUT2D eigenvalue weighted by Gasteiger charge is -2.15. The molecular formula is C14H13ClN2O2. The number of rotatable bonds is 2. The minimum atomic E-state index is -0.0956. The van der Waals surface area contributed by atoms with Crippen LogP contribution in [0.5, 0.6) is 0 Å². The van der Waals surface area contributed by atoms with E-state index in [4.69, 9.17) is 16.3 Å². The number of hydrogen-bond acceptors (Lipinski definition) is 3. The highest BCUT2D eigenvalue weighted by atomic mass is 35.5. The van der Waals surface area contributed by atoms with Crippen LogP contribution in [-0.4, -0.2) is 16.6 Å². The molecule has 4 nitrogen and oxygen atoms in total. The topological polar surface area (TPSA) is 55.0 Å². The zero-order chi connectivity index (χ0) is 13.2. The van der Waals surface area contributed by atoms with Gasteiger partial charge in [-0.1, -0.05) is 23.7 Å². The van der Waals surface area contributed by atoms with E-state index >= 15 is 0 Å². The maximum absolute atomic E-state index is 11.9. The van der Waals surface area contributed by atoms with Gasteiger partial charge >= 0.3 is 0 Å². The average Bonchev–Trinajstić information content (AvgIpc) is 2.39. The SMILES string of the molecule is O=c1[nH]c(Cc2cccc(Cl)c2)nc2c1COCC2. The van der Waals surface area contributed by atoms with Gasteiger partial charge in [-0.05, 0) is 17.7 Å². The summed E-state index contributed by atoms with van der Waals surface area (Å²) in [5, 5.41) is 0.686. The second-order valence-corrected chi connectivity index (χ2v) is 4.98. The summed E-state index contributed by atoms with van der Waals surface area (Å²) in [6.07, 6.45) is 1.27. The molecule has 1 aromatic heterocycles. The summed E-state index contributed by atoms with van der Waals surface area (Å²) in [4.78, 5) is 19.3. The molecule has 2 aromatic rings. The fraction of sp³-hybridized carbons (Fsp3) is 0.286. The Balaban J connectivity index is 1.94. The third-order valence-corrected chi connectivity index (χ3v) is 3.38. The minimum Gasteiger partial charge on any atom is -0.376 e. The molecule has 0 spiro atoms. The molecule has 0 atom stereocenters. The Kier molecular flexibility index (Phi) is 3.36. The van der Waals surface area contributed by atoms with E-state index in [-0.39, 0.29) is 5.56 Å². The van der Waals surface area contributed by atoms with Crippen molar-refractivity contribution in [3.8, 4) is 0 Å². The van der Waals surface area contributed by atoms with Crippen molar-refractivity contribution in [2.24, 2.45) is 0 Å². The highest BCUT2D eigenvalue weighted by molar-refractivity contribution is 6.30. The zero-order valence-electron chi connectivity index (χ0n) is 10.3. The summed E-state index contributed by atoms with van der Waals surface area (Å²) in [5.41, 5.74) is 2.44. The van der Waals surface area contributed by atoms with Gasteiger partial charge in [0, 0.05) is 17.9 Å². The largest absolute Gasteiger partial charge is 0.376 e. The molecular weight excluding hydrogens is 264 g/mol. The summed E-state index contributed by atoms with van der Waals surface area (Å²) >= 11 is 5.95. The van der Waals surface area contributed by atoms with Crippen molar-refractivity contribution in [1.29, 1.82) is 0 Å². The van der Waals surface area contributed by atoms with Crippen molar-refractivity contribution in [2.75, 3.05) is 6.61 Å². The predicted octanol–water partition coefficient (Wildman–Crippen LogP) is 2.09. The number of nitrogens with one attached hydrogen (secondary N) is 1. The number of ether oxygens (including phenoxy) is 1. The molecule has 0 amide bonds. The van der Waals surface area contributed by atoms with Crippen LogP contribution in [0.2, 0.25) is 5.02 Å². The second kappa shape index (κ2) is 5.15. The molecule has 0 bridgehead atoms. The fourth-order valence-corrected chi connectivity index (χ4v) is 2.43. The standard InChI is InChI=1S/C14H13ClN2O2/c15-10-3-1-2-9(6-10)7-13-16-12-4-5-19-8-11(12)14(18)17-13/h1-3,6H,4-5,7-8H2,(H,16,17,18). The summed E-state index contributed by atoms with van der Waals surface area (Å²) in [7, 11) is 0. The van der Waals surface area contributed by atoms with Gasteiger partial charge in [0.15, 0.2) is 0 Å². The smallest absolute Gasteiger partial charge is 0.256 e. The molecule has 0 saturated heterocycles. The van der Waals surface area contributed by atoms with E-state index in [0.717, 1.165) is 11.3 Å². The van der Waals surface area contributed by atoms with E-state index in [2.05, 4.69) is 9.97 Å². The zero-order valence-corrected chi connectivity index (χ0v) is 11.0. The Morgan fingerprint density at radius 3 is 3.16 bits per heavy atom. The fourth-order valence-electron chi connectivity index (χ4n) is 2.22. The van der Waals surface area contributed by atoms with Crippen molar-refractivity contribution in [2.45, 2.75) is 19.4 Å². The van der Waals surface area contributed by atoms with Crippen LogP contribution in [0.4, 0.5) is 0 Å². The molecule has 1 aliphatic heterocycles. The van der Waals surface area contributed by atoms with E-state index < -0.39 is 0 Å². The first-order chi connectivity index (χ1) is 9.22. The monoisotopic (exact) mass is 276 g/mol. The van der Waals surface area contributed by atoms with Crippen LogP contribution >= 0.6 is 11.6 Å². The van der Waals surface area contributed by atoms with Crippen molar-refractivity contribution < 1.29 is 4.74 Å². The molecule has 1 aliphatic rings. The molecule has 0 unspecified atom stereocenters. The molecule has 1 N–H and O–H groups in total. The lowest BCUT2D eigenvalue weighted by molar-refractivity contribution is 0.108. The Morgan fingerprint density at radius 2 is 2.32 bits per heavy atom. The average molecular weight is 277 g/mol. The predicted molar refractivity (Wildman–Crippen MR) is 72.5 cm³/mol. The quantitative estimate of drug-likeness (QED) is 0.914. The van der Waals surface area contributed by atoms with Gasteiger partial charge in [-0.2, -0.15) is 0 Å². The summed E-state index contributed by atoms with van der Waals surface area (Å²) in [6, 6.07) is 7.56. The molecule has 98 valence electrons. The molecule has 19 heavy (non-hydrogen) atoms. The van der Waals surface area contributed by atoms with Crippen LogP contribution in [-0.2, 0) is 24.2 Å². The first kappa shape index (κ1) is 12.4. The van der Waals surface area contributed by atoms with E-state index in [1.165, 1.54) is 0 Å². The van der Waals surface area contributed by atoms with Gasteiger partial charge in [0.2, 0.25) is 0 Å². The van der Waals surface area contributed by atoms with Crippen LogP contribution in [0.1, 0.15) is 22.6 Å². The van der Waals surface area contributed by atoms with Gasteiger partial charge in [-0.3, -0.25) is 4.79 Å². The van der Waals surface area contributed by atoms with Crippen molar-refractivity contribution in [3.05, 3.63) is 62.3 Å². The first-order valence-corrected chi connectivity index (χ1v) is 6.53. The normalized spacial score (nSPS) is 14.2. The Labute approximate surface area is 115 Å². The maximum Gasteiger partial charge on any atom is 0.256 e. The summed E-state index contributed by atoms with van der Waals surface area (Å²) < 4.78 is 5.27. The van der Waals surface area contributed by atoms with Crippen LogP contribution in [0, 0.1) is 0 Å². The van der Waals surface area contributed by atoms with Crippen LogP contribution in [0.25, 0.3) is 0 Å². The number of hydrogen-bond donors (Lipinski definition) is 1. The second-order valence-electron chi connectivity index (χ2n) is 4.55. The van der Waals surface area contributed by atoms with Gasteiger partial charge in [-0.15, -0.1) is 0 Å². The number of aromatic amines is 1. The van der Waals surface area contributed by atoms with Crippen molar-refractivity contribution in [1.82, 2.24) is 9.97 Å². The molecule has 2 heterocycles. The number of halogens is 1.